The molecule has 3 heterocycles. The summed E-state index contributed by atoms with van der Waals surface area (Å²) in [7, 11) is -2.28. The summed E-state index contributed by atoms with van der Waals surface area (Å²) in [6, 6.07) is 7.12. The van der Waals surface area contributed by atoms with Crippen molar-refractivity contribution in [3.63, 3.8) is 0 Å². The molecule has 1 aliphatic heterocycles. The molecule has 7 nitrogen and oxygen atoms in total. The van der Waals surface area contributed by atoms with Gasteiger partial charge in [0, 0.05) is 25.8 Å². The van der Waals surface area contributed by atoms with Crippen LogP contribution < -0.4 is 4.72 Å². The second-order valence-electron chi connectivity index (χ2n) is 7.56. The maximum absolute atomic E-state index is 14.0. The third-order valence-corrected chi connectivity index (χ3v) is 8.15. The molecule has 0 bridgehead atoms. The van der Waals surface area contributed by atoms with Crippen LogP contribution in [0.4, 0.5) is 10.1 Å². The zero-order chi connectivity index (χ0) is 22.3. The molecule has 4 rings (SSSR count). The monoisotopic (exact) mass is 462 g/mol. The van der Waals surface area contributed by atoms with E-state index < -0.39 is 15.8 Å². The number of carbonyl (C=O) groups excluding carboxylic acids is 1. The number of halogens is 1. The first-order chi connectivity index (χ1) is 14.7. The number of carbonyl (C=O) groups is 1. The fourth-order valence-corrected chi connectivity index (χ4v) is 6.10. The van der Waals surface area contributed by atoms with Gasteiger partial charge in [-0.3, -0.25) is 9.52 Å². The number of nitrogens with one attached hydrogen (secondary N) is 1. The molecule has 0 spiro atoms. The van der Waals surface area contributed by atoms with Gasteiger partial charge in [-0.05, 0) is 44.9 Å². The van der Waals surface area contributed by atoms with E-state index in [-0.39, 0.29) is 16.5 Å². The van der Waals surface area contributed by atoms with Crippen LogP contribution in [-0.2, 0) is 17.1 Å². The van der Waals surface area contributed by atoms with Gasteiger partial charge in [0.15, 0.2) is 0 Å². The van der Waals surface area contributed by atoms with Crippen LogP contribution in [0.15, 0.2) is 35.2 Å². The number of para-hydroxylation sites is 1. The minimum atomic E-state index is -4.02. The molecule has 3 aromatic rings. The lowest BCUT2D eigenvalue weighted by molar-refractivity contribution is 0.0796. The van der Waals surface area contributed by atoms with Gasteiger partial charge in [0.1, 0.15) is 20.6 Å². The highest BCUT2D eigenvalue weighted by molar-refractivity contribution is 7.92. The van der Waals surface area contributed by atoms with E-state index in [1.54, 1.807) is 31.5 Å². The van der Waals surface area contributed by atoms with Gasteiger partial charge in [0.05, 0.1) is 17.1 Å². The van der Waals surface area contributed by atoms with Crippen molar-refractivity contribution < 1.29 is 17.6 Å². The molecular weight excluding hydrogens is 439 g/mol. The predicted molar refractivity (Wildman–Crippen MR) is 118 cm³/mol. The highest BCUT2D eigenvalue weighted by atomic mass is 32.2. The van der Waals surface area contributed by atoms with Crippen LogP contribution in [0.3, 0.4) is 0 Å². The highest BCUT2D eigenvalue weighted by Gasteiger charge is 2.27. The number of hydrogen-bond acceptors (Lipinski definition) is 5. The van der Waals surface area contributed by atoms with Crippen LogP contribution in [0.2, 0.25) is 0 Å². The Morgan fingerprint density at radius 2 is 1.87 bits per heavy atom. The van der Waals surface area contributed by atoms with Crippen LogP contribution in [0.1, 0.15) is 33.9 Å². The fourth-order valence-electron chi connectivity index (χ4n) is 3.66. The Bertz CT molecular complexity index is 1260. The number of rotatable bonds is 5. The maximum Gasteiger partial charge on any atom is 0.265 e. The van der Waals surface area contributed by atoms with Crippen LogP contribution >= 0.6 is 11.3 Å². The molecule has 0 unspecified atom stereocenters. The van der Waals surface area contributed by atoms with Gasteiger partial charge in [-0.25, -0.2) is 17.8 Å². The molecule has 1 N–H and O–H groups in total. The summed E-state index contributed by atoms with van der Waals surface area (Å²) < 4.78 is 43.9. The second kappa shape index (κ2) is 8.08. The lowest BCUT2D eigenvalue weighted by Gasteiger charge is -2.13. The molecule has 0 radical (unpaired) electrons. The largest absolute Gasteiger partial charge is 0.345 e. The average molecular weight is 463 g/mol. The van der Waals surface area contributed by atoms with Crippen molar-refractivity contribution in [1.29, 1.82) is 0 Å². The first kappa shape index (κ1) is 21.5. The number of benzene rings is 1. The minimum absolute atomic E-state index is 0.0289. The smallest absolute Gasteiger partial charge is 0.265 e. The Hall–Kier alpha value is -2.72. The number of anilines is 1. The number of likely N-dealkylation sites (tertiary alicyclic amines) is 1. The molecule has 2 aromatic heterocycles. The standard InChI is InChI=1S/C21H23FN4O3S2/c1-13-19(21(27)26-10-6-7-11-26)30-20(23-13)17-12-18(14(2)25(17)3)31(28,29)24-16-9-5-4-8-15(16)22/h4-5,8-9,12,24H,6-7,10-11H2,1-3H3. The van der Waals surface area contributed by atoms with Crippen molar-refractivity contribution in [2.45, 2.75) is 31.6 Å². The van der Waals surface area contributed by atoms with E-state index in [9.17, 15) is 17.6 Å². The Labute approximate surface area is 184 Å². The molecule has 1 fully saturated rings. The van der Waals surface area contributed by atoms with Crippen LogP contribution in [0.25, 0.3) is 10.7 Å². The number of thiazole rings is 1. The third-order valence-electron chi connectivity index (χ3n) is 5.50. The Morgan fingerprint density at radius 3 is 2.55 bits per heavy atom. The van der Waals surface area contributed by atoms with Gasteiger partial charge < -0.3 is 9.47 Å². The van der Waals surface area contributed by atoms with E-state index in [4.69, 9.17) is 0 Å². The topological polar surface area (TPSA) is 84.3 Å². The van der Waals surface area contributed by atoms with Gasteiger partial charge in [-0.15, -0.1) is 11.3 Å². The SMILES string of the molecule is Cc1nc(-c2cc(S(=O)(=O)Nc3ccccc3F)c(C)n2C)sc1C(=O)N1CCCC1. The first-order valence-electron chi connectivity index (χ1n) is 9.90. The molecule has 0 aliphatic carbocycles. The minimum Gasteiger partial charge on any atom is -0.345 e. The molecular formula is C21H23FN4O3S2. The van der Waals surface area contributed by atoms with Crippen molar-refractivity contribution in [1.82, 2.24) is 14.5 Å². The van der Waals surface area contributed by atoms with Gasteiger partial charge in [-0.2, -0.15) is 0 Å². The fraction of sp³-hybridized carbons (Fsp3) is 0.333. The van der Waals surface area contributed by atoms with Crippen molar-refractivity contribution in [2.75, 3.05) is 17.8 Å². The van der Waals surface area contributed by atoms with E-state index in [2.05, 4.69) is 9.71 Å². The van der Waals surface area contributed by atoms with Gasteiger partial charge in [-0.1, -0.05) is 12.1 Å². The van der Waals surface area contributed by atoms with Crippen molar-refractivity contribution >= 4 is 33.0 Å². The van der Waals surface area contributed by atoms with Gasteiger partial charge in [0.25, 0.3) is 15.9 Å². The van der Waals surface area contributed by atoms with E-state index >= 15 is 0 Å². The highest BCUT2D eigenvalue weighted by Crippen LogP contribution is 2.34. The molecule has 164 valence electrons. The number of sulfonamides is 1. The zero-order valence-corrected chi connectivity index (χ0v) is 19.1. The molecule has 1 aromatic carbocycles. The summed E-state index contributed by atoms with van der Waals surface area (Å²) in [5, 5.41) is 0.568. The maximum atomic E-state index is 14.0. The summed E-state index contributed by atoms with van der Waals surface area (Å²) in [5.41, 5.74) is 1.58. The normalized spacial score (nSPS) is 14.3. The second-order valence-corrected chi connectivity index (χ2v) is 10.2. The lowest BCUT2D eigenvalue weighted by atomic mass is 10.3. The van der Waals surface area contributed by atoms with E-state index in [1.807, 2.05) is 4.90 Å². The van der Waals surface area contributed by atoms with Crippen molar-refractivity contribution in [2.24, 2.45) is 7.05 Å². The molecule has 0 saturated carbocycles. The van der Waals surface area contributed by atoms with Gasteiger partial charge in [0.2, 0.25) is 0 Å². The number of amides is 1. The Morgan fingerprint density at radius 1 is 1.19 bits per heavy atom. The summed E-state index contributed by atoms with van der Waals surface area (Å²) in [6.07, 6.45) is 2.01. The molecule has 10 heteroatoms. The van der Waals surface area contributed by atoms with Crippen LogP contribution in [0, 0.1) is 19.7 Å². The number of hydrogen-bond donors (Lipinski definition) is 1. The molecule has 31 heavy (non-hydrogen) atoms. The van der Waals surface area contributed by atoms with E-state index in [1.165, 1.54) is 35.6 Å². The molecule has 1 amide bonds. The van der Waals surface area contributed by atoms with Crippen molar-refractivity contribution in [3.05, 3.63) is 52.4 Å². The summed E-state index contributed by atoms with van der Waals surface area (Å²) >= 11 is 1.26. The quantitative estimate of drug-likeness (QED) is 0.622. The summed E-state index contributed by atoms with van der Waals surface area (Å²) in [4.78, 5) is 19.8. The molecule has 1 saturated heterocycles. The van der Waals surface area contributed by atoms with Crippen molar-refractivity contribution in [3.8, 4) is 10.7 Å². The lowest BCUT2D eigenvalue weighted by Crippen LogP contribution is -2.27. The van der Waals surface area contributed by atoms with Crippen LogP contribution in [0.5, 0.6) is 0 Å². The predicted octanol–water partition coefficient (Wildman–Crippen LogP) is 3.94. The molecule has 0 atom stereocenters. The first-order valence-corrected chi connectivity index (χ1v) is 12.2. The zero-order valence-electron chi connectivity index (χ0n) is 17.5. The average Bonchev–Trinajstić information content (AvgIpc) is 3.44. The number of aromatic nitrogens is 2. The third kappa shape index (κ3) is 3.97. The van der Waals surface area contributed by atoms with E-state index in [0.29, 0.717) is 27.0 Å². The summed E-state index contributed by atoms with van der Waals surface area (Å²) in [5.74, 6) is -0.681. The van der Waals surface area contributed by atoms with Gasteiger partial charge >= 0.3 is 0 Å². The summed E-state index contributed by atoms with van der Waals surface area (Å²) in [6.45, 7) is 4.96. The Balaban J connectivity index is 1.69. The Kier molecular flexibility index (Phi) is 5.61. The molecule has 1 aliphatic rings. The number of nitrogens with zero attached hydrogens (tertiary/aromatic N) is 3. The number of aryl methyl sites for hydroxylation is 1. The van der Waals surface area contributed by atoms with E-state index in [0.717, 1.165) is 25.9 Å². The van der Waals surface area contributed by atoms with Crippen LogP contribution in [-0.4, -0.2) is 41.9 Å².